The first kappa shape index (κ1) is 15.3. The number of benzene rings is 1. The Hall–Kier alpha value is -2.63. The highest BCUT2D eigenvalue weighted by Crippen LogP contribution is 2.41. The van der Waals surface area contributed by atoms with E-state index in [1.165, 1.54) is 12.4 Å². The van der Waals surface area contributed by atoms with Crippen molar-refractivity contribution >= 4 is 28.9 Å². The van der Waals surface area contributed by atoms with Crippen LogP contribution in [0.4, 0.5) is 14.5 Å². The molecule has 3 aromatic rings. The van der Waals surface area contributed by atoms with Gasteiger partial charge in [-0.1, -0.05) is 18.3 Å². The minimum absolute atomic E-state index is 0.0888. The lowest BCUT2D eigenvalue weighted by atomic mass is 10.1. The summed E-state index contributed by atoms with van der Waals surface area (Å²) >= 11 is 5.21. The lowest BCUT2D eigenvalue weighted by Crippen LogP contribution is -2.11. The van der Waals surface area contributed by atoms with Crippen molar-refractivity contribution in [2.24, 2.45) is 5.73 Å². The van der Waals surface area contributed by atoms with Gasteiger partial charge in [0.05, 0.1) is 35.2 Å². The third kappa shape index (κ3) is 2.30. The highest BCUT2D eigenvalue weighted by molar-refractivity contribution is 7.71. The number of halogens is 2. The van der Waals surface area contributed by atoms with E-state index in [1.807, 2.05) is 0 Å². The van der Waals surface area contributed by atoms with Crippen LogP contribution in [0.2, 0.25) is 0 Å². The maximum absolute atomic E-state index is 14.3. The van der Waals surface area contributed by atoms with Gasteiger partial charge < -0.3 is 15.3 Å². The lowest BCUT2D eigenvalue weighted by Gasteiger charge is -2.11. The van der Waals surface area contributed by atoms with Gasteiger partial charge >= 0.3 is 0 Å². The van der Waals surface area contributed by atoms with Gasteiger partial charge in [0.15, 0.2) is 4.64 Å². The van der Waals surface area contributed by atoms with Crippen LogP contribution in [-0.4, -0.2) is 21.1 Å². The monoisotopic (exact) mass is 331 g/mol. The van der Waals surface area contributed by atoms with Crippen LogP contribution in [0.15, 0.2) is 24.5 Å². The fourth-order valence-electron chi connectivity index (χ4n) is 2.62. The summed E-state index contributed by atoms with van der Waals surface area (Å²) in [6.07, 6.45) is 1.35. The molecule has 1 aromatic carbocycles. The number of hydrogen-bond donors (Lipinski definition) is 2. The van der Waals surface area contributed by atoms with Crippen molar-refractivity contribution in [3.8, 4) is 11.3 Å². The SMILES string of the molecule is [C-]#[N+]c1c(-c2c(F)cccc2F)n(CCN)c2c(=S)nc[nH]c12. The molecule has 116 valence electrons. The summed E-state index contributed by atoms with van der Waals surface area (Å²) < 4.78 is 30.3. The van der Waals surface area contributed by atoms with Crippen LogP contribution < -0.4 is 5.73 Å². The third-order valence-electron chi connectivity index (χ3n) is 3.50. The second kappa shape index (κ2) is 5.87. The van der Waals surface area contributed by atoms with Gasteiger partial charge in [0.2, 0.25) is 5.69 Å². The predicted octanol–water partition coefficient (Wildman–Crippen LogP) is 3.55. The molecule has 0 aliphatic heterocycles. The number of nitrogens with one attached hydrogen (secondary N) is 1. The van der Waals surface area contributed by atoms with Crippen LogP contribution in [0.1, 0.15) is 0 Å². The minimum Gasteiger partial charge on any atom is -0.354 e. The van der Waals surface area contributed by atoms with Gasteiger partial charge in [0.1, 0.15) is 11.6 Å². The summed E-state index contributed by atoms with van der Waals surface area (Å²) in [6, 6.07) is 3.56. The van der Waals surface area contributed by atoms with Crippen LogP contribution in [0.3, 0.4) is 0 Å². The number of fused-ring (bicyclic) bond motifs is 1. The summed E-state index contributed by atoms with van der Waals surface area (Å²) in [5, 5.41) is 0. The quantitative estimate of drug-likeness (QED) is 0.570. The fraction of sp³-hybridized carbons (Fsp3) is 0.133. The molecular formula is C15H11F2N5S. The predicted molar refractivity (Wildman–Crippen MR) is 85.6 cm³/mol. The molecule has 0 fully saturated rings. The van der Waals surface area contributed by atoms with Gasteiger partial charge in [-0.25, -0.2) is 18.6 Å². The summed E-state index contributed by atoms with van der Waals surface area (Å²) in [5.74, 6) is -1.51. The van der Waals surface area contributed by atoms with Crippen molar-refractivity contribution in [3.05, 3.63) is 52.2 Å². The van der Waals surface area contributed by atoms with Crippen molar-refractivity contribution in [1.29, 1.82) is 0 Å². The number of H-pyrrole nitrogens is 1. The highest BCUT2D eigenvalue weighted by atomic mass is 32.1. The molecule has 0 spiro atoms. The number of nitrogens with two attached hydrogens (primary N) is 1. The first-order valence-electron chi connectivity index (χ1n) is 6.72. The van der Waals surface area contributed by atoms with E-state index in [0.29, 0.717) is 11.0 Å². The van der Waals surface area contributed by atoms with Crippen molar-refractivity contribution in [3.63, 3.8) is 0 Å². The van der Waals surface area contributed by atoms with E-state index in [0.717, 1.165) is 12.1 Å². The Labute approximate surface area is 135 Å². The molecule has 0 aliphatic rings. The second-order valence-corrected chi connectivity index (χ2v) is 5.16. The molecule has 0 atom stereocenters. The van der Waals surface area contributed by atoms with E-state index in [-0.39, 0.29) is 34.7 Å². The Balaban J connectivity index is 2.55. The number of hydrogen-bond acceptors (Lipinski definition) is 3. The van der Waals surface area contributed by atoms with Gasteiger partial charge in [-0.15, -0.1) is 0 Å². The first-order valence-corrected chi connectivity index (χ1v) is 7.12. The molecule has 0 bridgehead atoms. The zero-order valence-corrected chi connectivity index (χ0v) is 12.6. The Morgan fingerprint density at radius 2 is 2.04 bits per heavy atom. The Morgan fingerprint density at radius 3 is 2.65 bits per heavy atom. The third-order valence-corrected chi connectivity index (χ3v) is 3.79. The van der Waals surface area contributed by atoms with Gasteiger partial charge in [-0.05, 0) is 12.1 Å². The van der Waals surface area contributed by atoms with Crippen LogP contribution in [0, 0.1) is 22.8 Å². The average molecular weight is 331 g/mol. The smallest absolute Gasteiger partial charge is 0.235 e. The van der Waals surface area contributed by atoms with E-state index in [2.05, 4.69) is 14.8 Å². The molecule has 0 amide bonds. The van der Waals surface area contributed by atoms with Gasteiger partial charge in [-0.2, -0.15) is 0 Å². The number of nitrogens with zero attached hydrogens (tertiary/aromatic N) is 3. The lowest BCUT2D eigenvalue weighted by molar-refractivity contribution is 0.585. The molecule has 8 heteroatoms. The average Bonchev–Trinajstić information content (AvgIpc) is 2.83. The largest absolute Gasteiger partial charge is 0.354 e. The highest BCUT2D eigenvalue weighted by Gasteiger charge is 2.24. The maximum atomic E-state index is 14.3. The Bertz CT molecular complexity index is 979. The Kier molecular flexibility index (Phi) is 3.90. The summed E-state index contributed by atoms with van der Waals surface area (Å²) in [4.78, 5) is 10.3. The molecule has 23 heavy (non-hydrogen) atoms. The summed E-state index contributed by atoms with van der Waals surface area (Å²) in [6.45, 7) is 7.90. The molecule has 5 nitrogen and oxygen atoms in total. The van der Waals surface area contributed by atoms with Gasteiger partial charge in [0.25, 0.3) is 0 Å². The molecule has 0 saturated carbocycles. The zero-order valence-electron chi connectivity index (χ0n) is 11.8. The van der Waals surface area contributed by atoms with Crippen molar-refractivity contribution in [2.45, 2.75) is 6.54 Å². The maximum Gasteiger partial charge on any atom is 0.235 e. The Morgan fingerprint density at radius 1 is 1.35 bits per heavy atom. The number of aromatic nitrogens is 3. The summed E-state index contributed by atoms with van der Waals surface area (Å²) in [5.41, 5.74) is 6.39. The molecule has 2 aromatic heterocycles. The molecule has 2 heterocycles. The summed E-state index contributed by atoms with van der Waals surface area (Å²) in [7, 11) is 0. The van der Waals surface area contributed by atoms with E-state index in [4.69, 9.17) is 24.5 Å². The van der Waals surface area contributed by atoms with E-state index < -0.39 is 11.6 Å². The molecule has 0 unspecified atom stereocenters. The normalized spacial score (nSPS) is 10.9. The van der Waals surface area contributed by atoms with Crippen LogP contribution >= 0.6 is 12.2 Å². The molecule has 0 saturated heterocycles. The van der Waals surface area contributed by atoms with Crippen LogP contribution in [0.5, 0.6) is 0 Å². The van der Waals surface area contributed by atoms with Gasteiger partial charge in [0, 0.05) is 13.1 Å². The van der Waals surface area contributed by atoms with Crippen LogP contribution in [-0.2, 0) is 6.54 Å². The minimum atomic E-state index is -0.755. The topological polar surface area (TPSA) is 64.0 Å². The molecule has 3 N–H and O–H groups in total. The number of aromatic amines is 1. The molecule has 3 rings (SSSR count). The second-order valence-electron chi connectivity index (χ2n) is 4.78. The van der Waals surface area contributed by atoms with E-state index in [9.17, 15) is 8.78 Å². The van der Waals surface area contributed by atoms with E-state index in [1.54, 1.807) is 4.57 Å². The van der Waals surface area contributed by atoms with E-state index >= 15 is 0 Å². The zero-order chi connectivity index (χ0) is 16.6. The van der Waals surface area contributed by atoms with Crippen molar-refractivity contribution < 1.29 is 8.78 Å². The van der Waals surface area contributed by atoms with Crippen LogP contribution in [0.25, 0.3) is 27.1 Å². The van der Waals surface area contributed by atoms with Gasteiger partial charge in [-0.3, -0.25) is 0 Å². The number of rotatable bonds is 3. The fourth-order valence-corrected chi connectivity index (χ4v) is 2.88. The first-order chi connectivity index (χ1) is 11.1. The molecule has 0 radical (unpaired) electrons. The van der Waals surface area contributed by atoms with Crippen molar-refractivity contribution in [1.82, 2.24) is 14.5 Å². The standard InChI is InChI=1S/C15H11F2N5S/c1-19-11-12-14(15(23)21-7-20-12)22(6-5-18)13(11)10-8(16)3-2-4-9(10)17/h2-4,7H,5-6,18H2,(H,20,21,23). The molecule has 0 aliphatic carbocycles. The molecular weight excluding hydrogens is 320 g/mol. The van der Waals surface area contributed by atoms with Crippen molar-refractivity contribution in [2.75, 3.05) is 6.54 Å².